The van der Waals surface area contributed by atoms with Crippen molar-refractivity contribution in [1.82, 2.24) is 20.0 Å². The van der Waals surface area contributed by atoms with Gasteiger partial charge in [0.1, 0.15) is 57.4 Å². The standard InChI is InChI=1S/C20H15ClN2O2.C19H19ClN2O2.C18H17ClN2O2.C18H14N2O2S/c21-15-8-3-1-6-13(15)20-23-17(14-7-2-4-9-18(14)25-20)12-16(22-23)19-10-5-11-24-19;20-13-6-7-17-14(11-13)16-12-15(18-5-4-10-23-18)21-22(16)19(24-17)8-2-1-3-9-19;19-12-5-6-16-13(10-12)15-11-14(17-4-3-9-22-17)20-21(15)18(23-16)7-1-2-8-18;1-2-6-15-12(5-1)14-11-13(17-8-4-10-23-17)19-20(14)18(22-15)16-7-3-9-21-16/h1-11,17,20H,12H2;4-7,10-11,16H,1-3,8-9,12H2;3-6,9-10,15H,1-2,7-8,11H2;1-10,14,18H,11H2. The number of fused-ring (bicyclic) bond motifs is 14. The van der Waals surface area contributed by atoms with Crippen LogP contribution in [0.3, 0.4) is 0 Å². The SMILES string of the molecule is Clc1ccc2c(c1)C1CC(c3ccco3)=NN1C1(CCCC1)O2.Clc1ccc2c(c1)C1CC(c3ccco3)=NN1C1(CCCCC1)O2.Clc1ccccc1C1Oc2ccccc2C2CC(c3ccco3)=NN21.c1coc(C2Oc3ccccc3C3CC(c4cccs4)=NN32)c1. The van der Waals surface area contributed by atoms with Crippen molar-refractivity contribution < 1.29 is 36.6 Å². The van der Waals surface area contributed by atoms with E-state index in [1.807, 2.05) is 150 Å². The summed E-state index contributed by atoms with van der Waals surface area (Å²) in [4.78, 5) is 1.22. The van der Waals surface area contributed by atoms with Crippen molar-refractivity contribution in [1.29, 1.82) is 0 Å². The highest BCUT2D eigenvalue weighted by Crippen LogP contribution is 2.55. The van der Waals surface area contributed by atoms with E-state index >= 15 is 0 Å². The summed E-state index contributed by atoms with van der Waals surface area (Å²) in [6.45, 7) is 0. The number of hydrogen-bond donors (Lipinski definition) is 0. The molecular formula is C75H65Cl3N8O8S. The van der Waals surface area contributed by atoms with Gasteiger partial charge in [0.05, 0.1) is 59.8 Å². The van der Waals surface area contributed by atoms with E-state index in [1.54, 1.807) is 36.4 Å². The lowest BCUT2D eigenvalue weighted by Crippen LogP contribution is -2.54. The monoisotopic (exact) mass is 1340 g/mol. The number of nitrogens with zero attached hydrogens (tertiary/aromatic N) is 8. The van der Waals surface area contributed by atoms with Crippen molar-refractivity contribution >= 4 is 69.0 Å². The van der Waals surface area contributed by atoms with Crippen LogP contribution in [0.5, 0.6) is 23.0 Å². The van der Waals surface area contributed by atoms with Crippen molar-refractivity contribution in [3.63, 3.8) is 0 Å². The molecule has 20 heteroatoms. The highest BCUT2D eigenvalue weighted by Gasteiger charge is 2.54. The summed E-state index contributed by atoms with van der Waals surface area (Å²) in [6.07, 6.45) is 19.4. The summed E-state index contributed by atoms with van der Waals surface area (Å²) in [5.41, 5.74) is 8.88. The fourth-order valence-electron chi connectivity index (χ4n) is 15.1. The number of hydrogen-bond acceptors (Lipinski definition) is 17. The lowest BCUT2D eigenvalue weighted by Gasteiger charge is -2.49. The van der Waals surface area contributed by atoms with E-state index in [1.165, 1.54) is 42.5 Å². The molecule has 5 aromatic heterocycles. The largest absolute Gasteiger partial charge is 0.466 e. The lowest BCUT2D eigenvalue weighted by molar-refractivity contribution is -0.140. The highest BCUT2D eigenvalue weighted by molar-refractivity contribution is 7.12. The van der Waals surface area contributed by atoms with E-state index in [0.717, 1.165) is 153 Å². The lowest BCUT2D eigenvalue weighted by atomic mass is 9.87. The molecule has 2 aliphatic carbocycles. The van der Waals surface area contributed by atoms with Gasteiger partial charge < -0.3 is 36.6 Å². The number of para-hydroxylation sites is 2. The number of thiophene rings is 1. The van der Waals surface area contributed by atoms with E-state index in [9.17, 15) is 0 Å². The predicted octanol–water partition coefficient (Wildman–Crippen LogP) is 19.6. The molecule has 20 rings (SSSR count). The van der Waals surface area contributed by atoms with Gasteiger partial charge in [-0.25, -0.2) is 20.0 Å². The van der Waals surface area contributed by atoms with Crippen LogP contribution in [0.15, 0.2) is 238 Å². The van der Waals surface area contributed by atoms with Crippen molar-refractivity contribution in [3.8, 4) is 23.0 Å². The molecule has 8 aliphatic heterocycles. The molecular weight excluding hydrogens is 1280 g/mol. The first-order valence-corrected chi connectivity index (χ1v) is 34.6. The van der Waals surface area contributed by atoms with Gasteiger partial charge in [-0.15, -0.1) is 11.3 Å². The zero-order chi connectivity index (χ0) is 63.6. The quantitative estimate of drug-likeness (QED) is 0.156. The van der Waals surface area contributed by atoms with E-state index in [0.29, 0.717) is 5.02 Å². The first-order valence-electron chi connectivity index (χ1n) is 32.6. The summed E-state index contributed by atoms with van der Waals surface area (Å²) in [5, 5.41) is 32.2. The fraction of sp³-hybridized carbons (Fsp3) is 0.280. The van der Waals surface area contributed by atoms with Gasteiger partial charge >= 0.3 is 0 Å². The molecule has 0 N–H and O–H groups in total. The van der Waals surface area contributed by atoms with Gasteiger partial charge in [0.15, 0.2) is 17.2 Å². The maximum atomic E-state index is 6.52. The predicted molar refractivity (Wildman–Crippen MR) is 364 cm³/mol. The van der Waals surface area contributed by atoms with Crippen molar-refractivity contribution in [3.05, 3.63) is 271 Å². The second-order valence-corrected chi connectivity index (χ2v) is 27.4. The summed E-state index contributed by atoms with van der Waals surface area (Å²) in [6, 6.07) is 56.1. The molecule has 2 spiro atoms. The smallest absolute Gasteiger partial charge is 0.246 e. The first-order chi connectivity index (χ1) is 46.7. The van der Waals surface area contributed by atoms with E-state index in [4.69, 9.17) is 91.8 Å². The third-order valence-corrected chi connectivity index (χ3v) is 21.2. The molecule has 0 saturated heterocycles. The van der Waals surface area contributed by atoms with Crippen LogP contribution in [0.25, 0.3) is 0 Å². The third kappa shape index (κ3) is 11.0. The molecule has 2 saturated carbocycles. The molecule has 6 unspecified atom stereocenters. The van der Waals surface area contributed by atoms with E-state index in [-0.39, 0.29) is 48.1 Å². The van der Waals surface area contributed by atoms with Gasteiger partial charge in [0, 0.05) is 94.3 Å². The van der Waals surface area contributed by atoms with Crippen LogP contribution in [0.4, 0.5) is 0 Å². The Hall–Kier alpha value is -9.13. The van der Waals surface area contributed by atoms with Crippen molar-refractivity contribution in [2.45, 2.75) is 132 Å². The molecule has 0 amide bonds. The minimum Gasteiger partial charge on any atom is -0.466 e. The Balaban J connectivity index is 0.0000000961. The number of benzene rings is 5. The van der Waals surface area contributed by atoms with Gasteiger partial charge in [-0.3, -0.25) is 0 Å². The molecule has 16 nitrogen and oxygen atoms in total. The Bertz CT molecular complexity index is 4530. The number of rotatable bonds is 6. The summed E-state index contributed by atoms with van der Waals surface area (Å²) < 4.78 is 47.7. The van der Waals surface area contributed by atoms with Gasteiger partial charge in [-0.2, -0.15) is 20.4 Å². The molecule has 95 heavy (non-hydrogen) atoms. The molecule has 13 heterocycles. The van der Waals surface area contributed by atoms with Gasteiger partial charge in [0.25, 0.3) is 0 Å². The Kier molecular flexibility index (Phi) is 15.6. The van der Waals surface area contributed by atoms with Crippen molar-refractivity contribution in [2.24, 2.45) is 20.4 Å². The number of hydrazone groups is 4. The molecule has 2 fully saturated rings. The molecule has 10 aromatic rings. The molecule has 0 radical (unpaired) electrons. The van der Waals surface area contributed by atoms with Crippen LogP contribution in [0.2, 0.25) is 15.1 Å². The molecule has 5 aromatic carbocycles. The van der Waals surface area contributed by atoms with Gasteiger partial charge in [0.2, 0.25) is 12.5 Å². The van der Waals surface area contributed by atoms with Crippen LogP contribution in [-0.4, -0.2) is 54.3 Å². The Morgan fingerprint density at radius 3 is 1.37 bits per heavy atom. The molecule has 10 aliphatic rings. The van der Waals surface area contributed by atoms with Gasteiger partial charge in [-0.05, 0) is 140 Å². The minimum absolute atomic E-state index is 0.103. The molecule has 480 valence electrons. The van der Waals surface area contributed by atoms with Crippen LogP contribution in [0, 0.1) is 0 Å². The fourth-order valence-corrected chi connectivity index (χ4v) is 16.4. The minimum atomic E-state index is -0.360. The van der Waals surface area contributed by atoms with E-state index < -0.39 is 0 Å². The normalized spacial score (nSPS) is 23.0. The number of furan rings is 4. The van der Waals surface area contributed by atoms with Crippen molar-refractivity contribution in [2.75, 3.05) is 0 Å². The van der Waals surface area contributed by atoms with Crippen LogP contribution in [0.1, 0.15) is 176 Å². The Morgan fingerprint density at radius 1 is 0.389 bits per heavy atom. The summed E-state index contributed by atoms with van der Waals surface area (Å²) >= 11 is 20.6. The zero-order valence-corrected chi connectivity index (χ0v) is 54.7. The Morgan fingerprint density at radius 2 is 0.853 bits per heavy atom. The van der Waals surface area contributed by atoms with Gasteiger partial charge in [-0.1, -0.05) is 102 Å². The first kappa shape index (κ1) is 59.6. The van der Waals surface area contributed by atoms with Crippen LogP contribution >= 0.6 is 46.1 Å². The maximum Gasteiger partial charge on any atom is 0.246 e. The number of halogens is 3. The summed E-state index contributed by atoms with van der Waals surface area (Å²) in [5.74, 6) is 6.97. The van der Waals surface area contributed by atoms with E-state index in [2.05, 4.69) is 45.7 Å². The summed E-state index contributed by atoms with van der Waals surface area (Å²) in [7, 11) is 0. The average molecular weight is 1340 g/mol. The Labute approximate surface area is 568 Å². The average Bonchev–Trinajstić information content (AvgIpc) is 1.76. The maximum absolute atomic E-state index is 6.52. The van der Waals surface area contributed by atoms with Crippen LogP contribution < -0.4 is 18.9 Å². The second kappa shape index (κ2) is 24.9. The molecule has 6 atom stereocenters. The molecule has 0 bridgehead atoms. The highest BCUT2D eigenvalue weighted by atomic mass is 35.5. The second-order valence-electron chi connectivity index (χ2n) is 25.2. The van der Waals surface area contributed by atoms with Crippen LogP contribution in [-0.2, 0) is 0 Å². The topological polar surface area (TPSA) is 152 Å². The zero-order valence-electron chi connectivity index (χ0n) is 51.6. The third-order valence-electron chi connectivity index (χ3n) is 19.5. The number of ether oxygens (including phenoxy) is 4.